The zero-order chi connectivity index (χ0) is 13.8. The molecule has 2 heterocycles. The Morgan fingerprint density at radius 2 is 1.60 bits per heavy atom. The van der Waals surface area contributed by atoms with Gasteiger partial charge in [0.05, 0.1) is 0 Å². The summed E-state index contributed by atoms with van der Waals surface area (Å²) in [6, 6.07) is 1.49. The Hall–Kier alpha value is -0.120. The SMILES string of the molecule is NCC(C1CCCCCC1)N1CCCN2CCCC2C1. The van der Waals surface area contributed by atoms with Crippen molar-refractivity contribution < 1.29 is 0 Å². The van der Waals surface area contributed by atoms with Crippen LogP contribution >= 0.6 is 0 Å². The van der Waals surface area contributed by atoms with Gasteiger partial charge in [-0.2, -0.15) is 0 Å². The first-order valence-electron chi connectivity index (χ1n) is 9.06. The minimum atomic E-state index is 0.661. The molecule has 2 aliphatic heterocycles. The number of fused-ring (bicyclic) bond motifs is 1. The van der Waals surface area contributed by atoms with Crippen molar-refractivity contribution in [3.05, 3.63) is 0 Å². The van der Waals surface area contributed by atoms with E-state index in [1.54, 1.807) is 0 Å². The predicted octanol–water partition coefficient (Wildman–Crippen LogP) is 2.45. The molecule has 0 aromatic carbocycles. The highest BCUT2D eigenvalue weighted by Gasteiger charge is 2.33. The fourth-order valence-electron chi connectivity index (χ4n) is 4.87. The maximum atomic E-state index is 6.22. The third kappa shape index (κ3) is 3.37. The van der Waals surface area contributed by atoms with Crippen LogP contribution in [0.25, 0.3) is 0 Å². The number of hydrogen-bond donors (Lipinski definition) is 1. The molecule has 1 saturated carbocycles. The van der Waals surface area contributed by atoms with Gasteiger partial charge in [-0.1, -0.05) is 25.7 Å². The summed E-state index contributed by atoms with van der Waals surface area (Å²) in [5, 5.41) is 0. The summed E-state index contributed by atoms with van der Waals surface area (Å²) in [7, 11) is 0. The van der Waals surface area contributed by atoms with Gasteiger partial charge in [0.2, 0.25) is 0 Å². The molecule has 0 radical (unpaired) electrons. The lowest BCUT2D eigenvalue weighted by molar-refractivity contribution is 0.124. The molecule has 116 valence electrons. The molecule has 0 amide bonds. The van der Waals surface area contributed by atoms with E-state index in [0.29, 0.717) is 6.04 Å². The second-order valence-corrected chi connectivity index (χ2v) is 7.24. The summed E-state index contributed by atoms with van der Waals surface area (Å²) in [6.45, 7) is 6.11. The Kier molecular flexibility index (Phi) is 5.36. The van der Waals surface area contributed by atoms with Crippen molar-refractivity contribution in [2.75, 3.05) is 32.7 Å². The van der Waals surface area contributed by atoms with E-state index < -0.39 is 0 Å². The molecular weight excluding hydrogens is 246 g/mol. The van der Waals surface area contributed by atoms with Crippen molar-refractivity contribution in [3.8, 4) is 0 Å². The van der Waals surface area contributed by atoms with Gasteiger partial charge < -0.3 is 5.73 Å². The van der Waals surface area contributed by atoms with E-state index in [1.807, 2.05) is 0 Å². The Bertz CT molecular complexity index is 286. The molecule has 0 spiro atoms. The van der Waals surface area contributed by atoms with Crippen LogP contribution in [-0.4, -0.2) is 54.6 Å². The van der Waals surface area contributed by atoms with Gasteiger partial charge in [0, 0.05) is 25.2 Å². The van der Waals surface area contributed by atoms with Crippen LogP contribution in [0.3, 0.4) is 0 Å². The Balaban J connectivity index is 1.64. The van der Waals surface area contributed by atoms with Gasteiger partial charge >= 0.3 is 0 Å². The Morgan fingerprint density at radius 1 is 0.850 bits per heavy atom. The van der Waals surface area contributed by atoms with Crippen LogP contribution in [-0.2, 0) is 0 Å². The number of hydrogen-bond acceptors (Lipinski definition) is 3. The van der Waals surface area contributed by atoms with Crippen molar-refractivity contribution in [2.24, 2.45) is 11.7 Å². The Labute approximate surface area is 124 Å². The van der Waals surface area contributed by atoms with Gasteiger partial charge in [-0.25, -0.2) is 0 Å². The lowest BCUT2D eigenvalue weighted by atomic mass is 9.90. The van der Waals surface area contributed by atoms with Crippen LogP contribution in [0.2, 0.25) is 0 Å². The van der Waals surface area contributed by atoms with Crippen molar-refractivity contribution in [2.45, 2.75) is 69.9 Å². The highest BCUT2D eigenvalue weighted by Crippen LogP contribution is 2.30. The largest absolute Gasteiger partial charge is 0.329 e. The van der Waals surface area contributed by atoms with E-state index in [2.05, 4.69) is 9.80 Å². The van der Waals surface area contributed by atoms with Crippen LogP contribution in [0.15, 0.2) is 0 Å². The van der Waals surface area contributed by atoms with Gasteiger partial charge in [0.25, 0.3) is 0 Å². The first kappa shape index (κ1) is 14.8. The lowest BCUT2D eigenvalue weighted by Gasteiger charge is -2.37. The summed E-state index contributed by atoms with van der Waals surface area (Å²) in [4.78, 5) is 5.52. The van der Waals surface area contributed by atoms with Gasteiger partial charge in [-0.15, -0.1) is 0 Å². The highest BCUT2D eigenvalue weighted by molar-refractivity contribution is 4.90. The van der Waals surface area contributed by atoms with Crippen LogP contribution in [0, 0.1) is 5.92 Å². The van der Waals surface area contributed by atoms with E-state index in [1.165, 1.54) is 84.0 Å². The average molecular weight is 279 g/mol. The second-order valence-electron chi connectivity index (χ2n) is 7.24. The van der Waals surface area contributed by atoms with E-state index in [0.717, 1.165) is 18.5 Å². The van der Waals surface area contributed by atoms with Crippen LogP contribution in [0.1, 0.15) is 57.8 Å². The molecule has 3 aliphatic rings. The van der Waals surface area contributed by atoms with Crippen molar-refractivity contribution in [1.29, 1.82) is 0 Å². The van der Waals surface area contributed by atoms with Crippen molar-refractivity contribution >= 4 is 0 Å². The third-order valence-electron chi connectivity index (χ3n) is 5.99. The summed E-state index contributed by atoms with van der Waals surface area (Å²) in [5.74, 6) is 0.871. The first-order valence-corrected chi connectivity index (χ1v) is 9.06. The van der Waals surface area contributed by atoms with Gasteiger partial charge in [0.1, 0.15) is 0 Å². The number of nitrogens with zero attached hydrogens (tertiary/aromatic N) is 2. The molecule has 3 nitrogen and oxygen atoms in total. The first-order chi connectivity index (χ1) is 9.88. The smallest absolute Gasteiger partial charge is 0.0247 e. The predicted molar refractivity (Wildman–Crippen MR) is 84.8 cm³/mol. The van der Waals surface area contributed by atoms with Crippen molar-refractivity contribution in [1.82, 2.24) is 9.80 Å². The van der Waals surface area contributed by atoms with E-state index >= 15 is 0 Å². The van der Waals surface area contributed by atoms with Crippen LogP contribution in [0.5, 0.6) is 0 Å². The number of rotatable bonds is 3. The van der Waals surface area contributed by atoms with Crippen LogP contribution in [0.4, 0.5) is 0 Å². The fourth-order valence-corrected chi connectivity index (χ4v) is 4.87. The van der Waals surface area contributed by atoms with E-state index in [-0.39, 0.29) is 0 Å². The molecule has 3 heteroatoms. The second kappa shape index (κ2) is 7.24. The fraction of sp³-hybridized carbons (Fsp3) is 1.00. The van der Waals surface area contributed by atoms with Gasteiger partial charge in [-0.3, -0.25) is 9.80 Å². The van der Waals surface area contributed by atoms with E-state index in [9.17, 15) is 0 Å². The lowest BCUT2D eigenvalue weighted by Crippen LogP contribution is -2.48. The van der Waals surface area contributed by atoms with Gasteiger partial charge in [-0.05, 0) is 57.7 Å². The molecule has 0 bridgehead atoms. The molecule has 3 rings (SSSR count). The van der Waals surface area contributed by atoms with Crippen LogP contribution < -0.4 is 5.73 Å². The molecule has 0 aromatic heterocycles. The highest BCUT2D eigenvalue weighted by atomic mass is 15.3. The van der Waals surface area contributed by atoms with Crippen molar-refractivity contribution in [3.63, 3.8) is 0 Å². The standard InChI is InChI=1S/C17H33N3/c18-13-17(15-7-3-1-2-4-8-15)20-12-6-11-19-10-5-9-16(19)14-20/h15-17H,1-14,18H2. The molecule has 1 aliphatic carbocycles. The molecular formula is C17H33N3. The summed E-state index contributed by atoms with van der Waals surface area (Å²) in [6.07, 6.45) is 12.8. The third-order valence-corrected chi connectivity index (χ3v) is 5.99. The molecule has 20 heavy (non-hydrogen) atoms. The maximum Gasteiger partial charge on any atom is 0.0247 e. The summed E-state index contributed by atoms with van der Waals surface area (Å²) >= 11 is 0. The summed E-state index contributed by atoms with van der Waals surface area (Å²) in [5.41, 5.74) is 6.22. The molecule has 2 unspecified atom stereocenters. The zero-order valence-electron chi connectivity index (χ0n) is 13.1. The quantitative estimate of drug-likeness (QED) is 0.806. The molecule has 2 saturated heterocycles. The molecule has 2 N–H and O–H groups in total. The topological polar surface area (TPSA) is 32.5 Å². The number of nitrogens with two attached hydrogens (primary N) is 1. The van der Waals surface area contributed by atoms with Gasteiger partial charge in [0.15, 0.2) is 0 Å². The molecule has 3 fully saturated rings. The maximum absolute atomic E-state index is 6.22. The molecule has 0 aromatic rings. The minimum Gasteiger partial charge on any atom is -0.329 e. The average Bonchev–Trinajstić information content (AvgIpc) is 2.69. The molecule has 2 atom stereocenters. The van der Waals surface area contributed by atoms with E-state index in [4.69, 9.17) is 5.73 Å². The Morgan fingerprint density at radius 3 is 2.35 bits per heavy atom. The minimum absolute atomic E-state index is 0.661. The summed E-state index contributed by atoms with van der Waals surface area (Å²) < 4.78 is 0. The zero-order valence-corrected chi connectivity index (χ0v) is 13.1. The monoisotopic (exact) mass is 279 g/mol. The normalized spacial score (nSPS) is 32.5.